The van der Waals surface area contributed by atoms with Gasteiger partial charge in [-0.1, -0.05) is 32.1 Å². The second-order valence-electron chi connectivity index (χ2n) is 5.25. The van der Waals surface area contributed by atoms with Crippen molar-refractivity contribution in [2.75, 3.05) is 26.4 Å². The zero-order valence-corrected chi connectivity index (χ0v) is 10.6. The maximum atomic E-state index is 9.21. The van der Waals surface area contributed by atoms with Crippen molar-refractivity contribution in [3.8, 4) is 0 Å². The molecule has 0 atom stereocenters. The van der Waals surface area contributed by atoms with E-state index in [4.69, 9.17) is 4.74 Å². The average molecular weight is 246 g/mol. The van der Waals surface area contributed by atoms with Crippen LogP contribution in [0.3, 0.4) is 0 Å². The molecule has 1 aliphatic carbocycles. The van der Waals surface area contributed by atoms with Gasteiger partial charge in [0.15, 0.2) is 0 Å². The summed E-state index contributed by atoms with van der Waals surface area (Å²) in [7, 11) is 0. The van der Waals surface area contributed by atoms with E-state index in [1.54, 1.807) is 0 Å². The fraction of sp³-hybridized carbons (Fsp3) is 1.00. The Labute approximate surface area is 104 Å². The van der Waals surface area contributed by atoms with Crippen LogP contribution in [-0.4, -0.2) is 47.9 Å². The molecular weight excluding hydrogens is 220 g/mol. The summed E-state index contributed by atoms with van der Waals surface area (Å²) in [5, 5.41) is 27.6. The van der Waals surface area contributed by atoms with Gasteiger partial charge < -0.3 is 20.1 Å². The second-order valence-corrected chi connectivity index (χ2v) is 5.25. The lowest BCUT2D eigenvalue weighted by Gasteiger charge is -2.30. The lowest BCUT2D eigenvalue weighted by molar-refractivity contribution is -0.0842. The van der Waals surface area contributed by atoms with E-state index in [9.17, 15) is 15.3 Å². The summed E-state index contributed by atoms with van der Waals surface area (Å²) in [6.45, 7) is -0.493. The van der Waals surface area contributed by atoms with E-state index in [-0.39, 0.29) is 32.5 Å². The monoisotopic (exact) mass is 246 g/mol. The zero-order chi connectivity index (χ0) is 12.6. The van der Waals surface area contributed by atoms with Crippen LogP contribution >= 0.6 is 0 Å². The highest BCUT2D eigenvalue weighted by Crippen LogP contribution is 2.22. The molecule has 0 bridgehead atoms. The van der Waals surface area contributed by atoms with E-state index in [0.29, 0.717) is 0 Å². The number of aliphatic hydroxyl groups excluding tert-OH is 3. The third kappa shape index (κ3) is 4.92. The van der Waals surface area contributed by atoms with Gasteiger partial charge in [0.25, 0.3) is 0 Å². The van der Waals surface area contributed by atoms with Crippen molar-refractivity contribution in [2.24, 2.45) is 5.41 Å². The number of rotatable bonds is 6. The molecule has 4 heteroatoms. The Morgan fingerprint density at radius 1 is 0.824 bits per heavy atom. The van der Waals surface area contributed by atoms with Crippen molar-refractivity contribution >= 4 is 0 Å². The third-order valence-corrected chi connectivity index (χ3v) is 3.68. The van der Waals surface area contributed by atoms with Crippen LogP contribution in [0.5, 0.6) is 0 Å². The van der Waals surface area contributed by atoms with Crippen molar-refractivity contribution in [3.05, 3.63) is 0 Å². The highest BCUT2D eigenvalue weighted by Gasteiger charge is 2.29. The lowest BCUT2D eigenvalue weighted by Crippen LogP contribution is -2.40. The molecule has 0 radical (unpaired) electrons. The molecule has 0 heterocycles. The van der Waals surface area contributed by atoms with E-state index in [0.717, 1.165) is 12.8 Å². The van der Waals surface area contributed by atoms with Crippen LogP contribution in [0, 0.1) is 5.41 Å². The summed E-state index contributed by atoms with van der Waals surface area (Å²) in [4.78, 5) is 0. The predicted molar refractivity (Wildman–Crippen MR) is 65.7 cm³/mol. The highest BCUT2D eigenvalue weighted by molar-refractivity contribution is 4.77. The first-order valence-electron chi connectivity index (χ1n) is 6.70. The Morgan fingerprint density at radius 2 is 1.29 bits per heavy atom. The summed E-state index contributed by atoms with van der Waals surface area (Å²) < 4.78 is 5.78. The second kappa shape index (κ2) is 8.03. The Morgan fingerprint density at radius 3 is 1.76 bits per heavy atom. The van der Waals surface area contributed by atoms with Gasteiger partial charge in [-0.2, -0.15) is 0 Å². The summed E-state index contributed by atoms with van der Waals surface area (Å²) in [5.74, 6) is 0. The molecule has 3 N–H and O–H groups in total. The number of ether oxygens (including phenoxy) is 1. The molecule has 4 nitrogen and oxygen atoms in total. The minimum absolute atomic E-state index is 0.222. The Bertz CT molecular complexity index is 176. The normalized spacial score (nSPS) is 19.9. The van der Waals surface area contributed by atoms with Crippen molar-refractivity contribution in [1.29, 1.82) is 0 Å². The quantitative estimate of drug-likeness (QED) is 0.656. The van der Waals surface area contributed by atoms with Gasteiger partial charge in [-0.3, -0.25) is 0 Å². The van der Waals surface area contributed by atoms with Crippen LogP contribution < -0.4 is 0 Å². The van der Waals surface area contributed by atoms with Crippen molar-refractivity contribution in [3.63, 3.8) is 0 Å². The summed E-state index contributed by atoms with van der Waals surface area (Å²) >= 11 is 0. The van der Waals surface area contributed by atoms with Crippen LogP contribution in [0.1, 0.15) is 44.9 Å². The summed E-state index contributed by atoms with van der Waals surface area (Å²) in [6, 6.07) is 0. The SMILES string of the molecule is OCC(CO)(CO)COC1CCCCCCC1. The van der Waals surface area contributed by atoms with E-state index in [2.05, 4.69) is 0 Å². The third-order valence-electron chi connectivity index (χ3n) is 3.68. The van der Waals surface area contributed by atoms with Gasteiger partial charge in [0.1, 0.15) is 0 Å². The minimum Gasteiger partial charge on any atom is -0.396 e. The van der Waals surface area contributed by atoms with Gasteiger partial charge in [0.05, 0.1) is 37.9 Å². The molecule has 17 heavy (non-hydrogen) atoms. The molecule has 0 aliphatic heterocycles. The maximum absolute atomic E-state index is 9.21. The van der Waals surface area contributed by atoms with Crippen molar-refractivity contribution < 1.29 is 20.1 Å². The molecule has 1 saturated carbocycles. The van der Waals surface area contributed by atoms with E-state index < -0.39 is 5.41 Å². The molecule has 1 aliphatic rings. The zero-order valence-electron chi connectivity index (χ0n) is 10.6. The molecule has 1 fully saturated rings. The van der Waals surface area contributed by atoms with Gasteiger partial charge in [0.2, 0.25) is 0 Å². The summed E-state index contributed by atoms with van der Waals surface area (Å²) in [6.07, 6.45) is 8.57. The number of hydrogen-bond acceptors (Lipinski definition) is 4. The van der Waals surface area contributed by atoms with Gasteiger partial charge in [0, 0.05) is 0 Å². The Balaban J connectivity index is 2.35. The Kier molecular flexibility index (Phi) is 7.04. The maximum Gasteiger partial charge on any atom is 0.0629 e. The van der Waals surface area contributed by atoms with Crippen LogP contribution in [-0.2, 0) is 4.74 Å². The smallest absolute Gasteiger partial charge is 0.0629 e. The van der Waals surface area contributed by atoms with Gasteiger partial charge >= 0.3 is 0 Å². The van der Waals surface area contributed by atoms with E-state index in [1.165, 1.54) is 32.1 Å². The molecule has 0 amide bonds. The Hall–Kier alpha value is -0.160. The fourth-order valence-electron chi connectivity index (χ4n) is 2.17. The van der Waals surface area contributed by atoms with Gasteiger partial charge in [-0.15, -0.1) is 0 Å². The molecule has 0 aromatic heterocycles. The topological polar surface area (TPSA) is 69.9 Å². The van der Waals surface area contributed by atoms with Crippen LogP contribution in [0.2, 0.25) is 0 Å². The average Bonchev–Trinajstić information content (AvgIpc) is 2.33. The summed E-state index contributed by atoms with van der Waals surface area (Å²) in [5.41, 5.74) is -0.887. The van der Waals surface area contributed by atoms with Crippen LogP contribution in [0.4, 0.5) is 0 Å². The molecule has 1 rings (SSSR count). The number of aliphatic hydroxyl groups is 3. The fourth-order valence-corrected chi connectivity index (χ4v) is 2.17. The predicted octanol–water partition coefficient (Wildman–Crippen LogP) is 1.08. The first-order chi connectivity index (χ1) is 8.26. The van der Waals surface area contributed by atoms with E-state index >= 15 is 0 Å². The largest absolute Gasteiger partial charge is 0.396 e. The molecular formula is C13H26O4. The standard InChI is InChI=1S/C13H26O4/c14-8-13(9-15,10-16)11-17-12-6-4-2-1-3-5-7-12/h12,14-16H,1-11H2. The van der Waals surface area contributed by atoms with Crippen molar-refractivity contribution in [1.82, 2.24) is 0 Å². The first kappa shape index (κ1) is 14.9. The first-order valence-corrected chi connectivity index (χ1v) is 6.70. The molecule has 0 saturated heterocycles. The molecule has 0 spiro atoms. The van der Waals surface area contributed by atoms with Crippen LogP contribution in [0.25, 0.3) is 0 Å². The molecule has 0 unspecified atom stereocenters. The molecule has 0 aromatic carbocycles. The van der Waals surface area contributed by atoms with Gasteiger partial charge in [-0.05, 0) is 12.8 Å². The van der Waals surface area contributed by atoms with Crippen LogP contribution in [0.15, 0.2) is 0 Å². The lowest BCUT2D eigenvalue weighted by atomic mass is 9.92. The van der Waals surface area contributed by atoms with Crippen molar-refractivity contribution in [2.45, 2.75) is 51.0 Å². The number of hydrogen-bond donors (Lipinski definition) is 3. The molecule has 102 valence electrons. The van der Waals surface area contributed by atoms with Gasteiger partial charge in [-0.25, -0.2) is 0 Å². The minimum atomic E-state index is -0.887. The molecule has 0 aromatic rings. The van der Waals surface area contributed by atoms with E-state index in [1.807, 2.05) is 0 Å². The highest BCUT2D eigenvalue weighted by atomic mass is 16.5.